The van der Waals surface area contributed by atoms with Crippen molar-refractivity contribution in [3.8, 4) is 23.0 Å². The molecule has 0 saturated heterocycles. The highest BCUT2D eigenvalue weighted by Gasteiger charge is 2.16. The second-order valence-corrected chi connectivity index (χ2v) is 4.65. The summed E-state index contributed by atoms with van der Waals surface area (Å²) < 4.78 is 9.66. The zero-order valence-electron chi connectivity index (χ0n) is 12.3. The first kappa shape index (κ1) is 16.8. The minimum atomic E-state index is -1.24. The number of carboxylic acids is 1. The standard InChI is InChI=1S/C16H12O8/c1-8(17)23-13-5-3-10(7-12(13)19)16(22)24-14-4-2-9(15(20)21)6-11(14)18/h2-7,18-19H,1H3,(H,20,21). The molecule has 0 aliphatic rings. The van der Waals surface area contributed by atoms with Crippen molar-refractivity contribution in [1.29, 1.82) is 0 Å². The lowest BCUT2D eigenvalue weighted by Crippen LogP contribution is -2.09. The largest absolute Gasteiger partial charge is 0.504 e. The minimum absolute atomic E-state index is 0.0647. The molecule has 2 rings (SSSR count). The number of carbonyl (C=O) groups excluding carboxylic acids is 2. The Bertz CT molecular complexity index is 825. The van der Waals surface area contributed by atoms with Crippen molar-refractivity contribution < 1.29 is 39.2 Å². The Balaban J connectivity index is 2.19. The van der Waals surface area contributed by atoms with Crippen LogP contribution in [-0.4, -0.2) is 33.2 Å². The summed E-state index contributed by atoms with van der Waals surface area (Å²) in [5.41, 5.74) is -0.235. The maximum Gasteiger partial charge on any atom is 0.343 e. The number of carboxylic acid groups (broad SMARTS) is 1. The van der Waals surface area contributed by atoms with Crippen molar-refractivity contribution in [3.05, 3.63) is 47.5 Å². The van der Waals surface area contributed by atoms with Crippen LogP contribution in [0.1, 0.15) is 27.6 Å². The van der Waals surface area contributed by atoms with Gasteiger partial charge in [0, 0.05) is 6.92 Å². The van der Waals surface area contributed by atoms with Gasteiger partial charge in [-0.05, 0) is 36.4 Å². The molecule has 124 valence electrons. The van der Waals surface area contributed by atoms with Gasteiger partial charge in [0.15, 0.2) is 23.0 Å². The van der Waals surface area contributed by atoms with Crippen LogP contribution in [0.15, 0.2) is 36.4 Å². The molecule has 0 saturated carbocycles. The second kappa shape index (κ2) is 6.69. The minimum Gasteiger partial charge on any atom is -0.504 e. The van der Waals surface area contributed by atoms with Gasteiger partial charge < -0.3 is 24.8 Å². The molecule has 0 bridgehead atoms. The van der Waals surface area contributed by atoms with Crippen LogP contribution in [0.3, 0.4) is 0 Å². The highest BCUT2D eigenvalue weighted by molar-refractivity contribution is 5.93. The maximum absolute atomic E-state index is 12.0. The Kier molecular flexibility index (Phi) is 4.69. The quantitative estimate of drug-likeness (QED) is 0.572. The summed E-state index contributed by atoms with van der Waals surface area (Å²) in [5, 5.41) is 28.2. The van der Waals surface area contributed by atoms with Gasteiger partial charge in [-0.25, -0.2) is 9.59 Å². The average Bonchev–Trinajstić information content (AvgIpc) is 2.50. The number of ether oxygens (including phenoxy) is 2. The summed E-state index contributed by atoms with van der Waals surface area (Å²) in [4.78, 5) is 33.6. The van der Waals surface area contributed by atoms with Crippen LogP contribution < -0.4 is 9.47 Å². The summed E-state index contributed by atoms with van der Waals surface area (Å²) in [7, 11) is 0. The average molecular weight is 332 g/mol. The van der Waals surface area contributed by atoms with Gasteiger partial charge in [0.1, 0.15) is 0 Å². The zero-order chi connectivity index (χ0) is 17.9. The first-order valence-electron chi connectivity index (χ1n) is 6.58. The molecule has 0 fully saturated rings. The Hall–Kier alpha value is -3.55. The number of phenolic OH excluding ortho intramolecular Hbond substituents is 2. The van der Waals surface area contributed by atoms with Crippen LogP contribution >= 0.6 is 0 Å². The molecular formula is C16H12O8. The molecule has 0 unspecified atom stereocenters. The SMILES string of the molecule is CC(=O)Oc1ccc(C(=O)Oc2ccc(C(=O)O)cc2O)cc1O. The van der Waals surface area contributed by atoms with Gasteiger partial charge in [-0.15, -0.1) is 0 Å². The van der Waals surface area contributed by atoms with Gasteiger partial charge in [-0.2, -0.15) is 0 Å². The van der Waals surface area contributed by atoms with Crippen molar-refractivity contribution in [1.82, 2.24) is 0 Å². The summed E-state index contributed by atoms with van der Waals surface area (Å²) >= 11 is 0. The number of benzene rings is 2. The third kappa shape index (κ3) is 3.80. The number of carbonyl (C=O) groups is 3. The second-order valence-electron chi connectivity index (χ2n) is 4.65. The molecule has 24 heavy (non-hydrogen) atoms. The molecule has 8 heteroatoms. The summed E-state index contributed by atoms with van der Waals surface area (Å²) in [5.74, 6) is -4.10. The van der Waals surface area contributed by atoms with E-state index in [1.165, 1.54) is 12.1 Å². The van der Waals surface area contributed by atoms with E-state index in [1.807, 2.05) is 0 Å². The van der Waals surface area contributed by atoms with E-state index in [4.69, 9.17) is 14.6 Å². The van der Waals surface area contributed by atoms with E-state index in [0.29, 0.717) is 0 Å². The first-order chi connectivity index (χ1) is 11.3. The van der Waals surface area contributed by atoms with Gasteiger partial charge in [-0.1, -0.05) is 0 Å². The molecule has 0 aliphatic heterocycles. The number of hydrogen-bond acceptors (Lipinski definition) is 7. The molecule has 0 aromatic heterocycles. The van der Waals surface area contributed by atoms with Gasteiger partial charge >= 0.3 is 17.9 Å². The van der Waals surface area contributed by atoms with Crippen LogP contribution in [-0.2, 0) is 4.79 Å². The molecule has 0 amide bonds. The van der Waals surface area contributed by atoms with E-state index in [9.17, 15) is 24.6 Å². The fourth-order valence-corrected chi connectivity index (χ4v) is 1.78. The summed E-state index contributed by atoms with van der Waals surface area (Å²) in [6, 6.07) is 6.72. The lowest BCUT2D eigenvalue weighted by atomic mass is 10.2. The Labute approximate surface area is 135 Å². The van der Waals surface area contributed by atoms with Crippen molar-refractivity contribution in [2.24, 2.45) is 0 Å². The number of hydrogen-bond donors (Lipinski definition) is 3. The van der Waals surface area contributed by atoms with Crippen LogP contribution in [0, 0.1) is 0 Å². The number of esters is 2. The number of aromatic carboxylic acids is 1. The van der Waals surface area contributed by atoms with Crippen LogP contribution in [0.5, 0.6) is 23.0 Å². The molecule has 8 nitrogen and oxygen atoms in total. The van der Waals surface area contributed by atoms with Crippen molar-refractivity contribution in [3.63, 3.8) is 0 Å². The third-order valence-corrected chi connectivity index (χ3v) is 2.86. The van der Waals surface area contributed by atoms with E-state index < -0.39 is 29.4 Å². The molecule has 0 spiro atoms. The van der Waals surface area contributed by atoms with E-state index in [0.717, 1.165) is 31.2 Å². The lowest BCUT2D eigenvalue weighted by Gasteiger charge is -2.08. The fourth-order valence-electron chi connectivity index (χ4n) is 1.78. The highest BCUT2D eigenvalue weighted by atomic mass is 16.5. The Morgan fingerprint density at radius 3 is 1.83 bits per heavy atom. The molecule has 0 atom stereocenters. The predicted molar refractivity (Wildman–Crippen MR) is 79.4 cm³/mol. The lowest BCUT2D eigenvalue weighted by molar-refractivity contribution is -0.132. The number of aromatic hydroxyl groups is 2. The summed E-state index contributed by atoms with van der Waals surface area (Å²) in [6.45, 7) is 1.16. The van der Waals surface area contributed by atoms with E-state index >= 15 is 0 Å². The van der Waals surface area contributed by atoms with Gasteiger partial charge in [0.25, 0.3) is 0 Å². The highest BCUT2D eigenvalue weighted by Crippen LogP contribution is 2.30. The van der Waals surface area contributed by atoms with Gasteiger partial charge in [0.2, 0.25) is 0 Å². The molecule has 0 aliphatic carbocycles. The molecule has 3 N–H and O–H groups in total. The van der Waals surface area contributed by atoms with E-state index in [1.54, 1.807) is 0 Å². The maximum atomic E-state index is 12.0. The monoisotopic (exact) mass is 332 g/mol. The molecular weight excluding hydrogens is 320 g/mol. The van der Waals surface area contributed by atoms with Crippen LogP contribution in [0.2, 0.25) is 0 Å². The summed E-state index contributed by atoms with van der Waals surface area (Å²) in [6.07, 6.45) is 0. The fraction of sp³-hybridized carbons (Fsp3) is 0.0625. The van der Waals surface area contributed by atoms with Crippen LogP contribution in [0.25, 0.3) is 0 Å². The third-order valence-electron chi connectivity index (χ3n) is 2.86. The molecule has 2 aromatic carbocycles. The van der Waals surface area contributed by atoms with Crippen molar-refractivity contribution in [2.45, 2.75) is 6.92 Å². The Morgan fingerprint density at radius 2 is 1.33 bits per heavy atom. The van der Waals surface area contributed by atoms with Gasteiger partial charge in [-0.3, -0.25) is 4.79 Å². The normalized spacial score (nSPS) is 10.0. The molecule has 0 radical (unpaired) electrons. The van der Waals surface area contributed by atoms with Crippen molar-refractivity contribution in [2.75, 3.05) is 0 Å². The number of rotatable bonds is 4. The number of phenols is 2. The smallest absolute Gasteiger partial charge is 0.343 e. The molecule has 2 aromatic rings. The molecule has 0 heterocycles. The van der Waals surface area contributed by atoms with E-state index in [-0.39, 0.29) is 22.6 Å². The van der Waals surface area contributed by atoms with Crippen LogP contribution in [0.4, 0.5) is 0 Å². The van der Waals surface area contributed by atoms with E-state index in [2.05, 4.69) is 0 Å². The first-order valence-corrected chi connectivity index (χ1v) is 6.58. The van der Waals surface area contributed by atoms with Gasteiger partial charge in [0.05, 0.1) is 11.1 Å². The topological polar surface area (TPSA) is 130 Å². The van der Waals surface area contributed by atoms with Crippen molar-refractivity contribution >= 4 is 17.9 Å². The predicted octanol–water partition coefficient (Wildman–Crippen LogP) is 1.94. The zero-order valence-corrected chi connectivity index (χ0v) is 12.3. The Morgan fingerprint density at radius 1 is 0.833 bits per heavy atom.